The lowest BCUT2D eigenvalue weighted by Crippen LogP contribution is -2.37. The quantitative estimate of drug-likeness (QED) is 0.821. The first-order valence-corrected chi connectivity index (χ1v) is 5.64. The van der Waals surface area contributed by atoms with Gasteiger partial charge < -0.3 is 10.4 Å². The second-order valence-electron chi connectivity index (χ2n) is 4.28. The van der Waals surface area contributed by atoms with E-state index in [1.807, 2.05) is 6.92 Å². The number of carbonyl (C=O) groups excluding carboxylic acids is 1. The van der Waals surface area contributed by atoms with Crippen molar-refractivity contribution in [1.29, 1.82) is 0 Å². The lowest BCUT2D eigenvalue weighted by molar-refractivity contribution is 0.0924. The Labute approximate surface area is 96.5 Å². The van der Waals surface area contributed by atoms with E-state index in [0.717, 1.165) is 6.42 Å². The van der Waals surface area contributed by atoms with Crippen LogP contribution in [-0.2, 0) is 0 Å². The second-order valence-corrected chi connectivity index (χ2v) is 4.28. The number of amides is 1. The Hall–Kier alpha value is -1.51. The predicted molar refractivity (Wildman–Crippen MR) is 64.5 cm³/mol. The molecule has 1 aromatic carbocycles. The molecule has 0 aromatic heterocycles. The van der Waals surface area contributed by atoms with Crippen LogP contribution in [0.25, 0.3) is 0 Å². The number of nitrogens with one attached hydrogen (secondary N) is 1. The molecule has 2 N–H and O–H groups in total. The monoisotopic (exact) mass is 221 g/mol. The molecule has 0 fully saturated rings. The highest BCUT2D eigenvalue weighted by Crippen LogP contribution is 2.12. The fraction of sp³-hybridized carbons (Fsp3) is 0.462. The van der Waals surface area contributed by atoms with E-state index in [9.17, 15) is 9.90 Å². The molecule has 0 aliphatic heterocycles. The van der Waals surface area contributed by atoms with Crippen molar-refractivity contribution in [1.82, 2.24) is 5.32 Å². The molecule has 0 bridgehead atoms. The molecule has 0 saturated heterocycles. The van der Waals surface area contributed by atoms with Crippen LogP contribution < -0.4 is 5.32 Å². The normalized spacial score (nSPS) is 12.5. The summed E-state index contributed by atoms with van der Waals surface area (Å²) in [6.45, 7) is 6.21. The smallest absolute Gasteiger partial charge is 0.251 e. The first-order chi connectivity index (χ1) is 7.54. The van der Waals surface area contributed by atoms with Gasteiger partial charge in [0.1, 0.15) is 5.75 Å². The number of rotatable bonds is 4. The molecule has 88 valence electrons. The highest BCUT2D eigenvalue weighted by Gasteiger charge is 2.15. The van der Waals surface area contributed by atoms with Gasteiger partial charge >= 0.3 is 0 Å². The van der Waals surface area contributed by atoms with E-state index < -0.39 is 0 Å². The van der Waals surface area contributed by atoms with E-state index in [-0.39, 0.29) is 17.7 Å². The van der Waals surface area contributed by atoms with Crippen molar-refractivity contribution < 1.29 is 9.90 Å². The molecule has 0 aliphatic rings. The molecule has 0 radical (unpaired) electrons. The van der Waals surface area contributed by atoms with Crippen LogP contribution in [0.4, 0.5) is 0 Å². The highest BCUT2D eigenvalue weighted by atomic mass is 16.3. The van der Waals surface area contributed by atoms with E-state index in [4.69, 9.17) is 0 Å². The van der Waals surface area contributed by atoms with Gasteiger partial charge in [0, 0.05) is 11.6 Å². The lowest BCUT2D eigenvalue weighted by atomic mass is 10.0. The number of benzene rings is 1. The average molecular weight is 221 g/mol. The van der Waals surface area contributed by atoms with Gasteiger partial charge in [-0.05, 0) is 30.5 Å². The number of hydrogen-bond donors (Lipinski definition) is 2. The third-order valence-corrected chi connectivity index (χ3v) is 2.67. The van der Waals surface area contributed by atoms with Gasteiger partial charge in [0.2, 0.25) is 0 Å². The first-order valence-electron chi connectivity index (χ1n) is 5.64. The molecule has 1 unspecified atom stereocenters. The molecule has 1 rings (SSSR count). The van der Waals surface area contributed by atoms with E-state index in [1.165, 1.54) is 6.07 Å². The van der Waals surface area contributed by atoms with Gasteiger partial charge in [-0.1, -0.05) is 26.8 Å². The maximum Gasteiger partial charge on any atom is 0.251 e. The van der Waals surface area contributed by atoms with Crippen molar-refractivity contribution in [2.45, 2.75) is 33.2 Å². The Morgan fingerprint density at radius 1 is 1.44 bits per heavy atom. The summed E-state index contributed by atoms with van der Waals surface area (Å²) in [4.78, 5) is 11.8. The van der Waals surface area contributed by atoms with Crippen LogP contribution in [0, 0.1) is 5.92 Å². The highest BCUT2D eigenvalue weighted by molar-refractivity contribution is 5.94. The Morgan fingerprint density at radius 2 is 2.12 bits per heavy atom. The van der Waals surface area contributed by atoms with Crippen molar-refractivity contribution in [3.8, 4) is 5.75 Å². The molecule has 16 heavy (non-hydrogen) atoms. The fourth-order valence-electron chi connectivity index (χ4n) is 1.64. The largest absolute Gasteiger partial charge is 0.508 e. The third-order valence-electron chi connectivity index (χ3n) is 2.67. The first kappa shape index (κ1) is 12.6. The number of phenolic OH excluding ortho intramolecular Hbond substituents is 1. The lowest BCUT2D eigenvalue weighted by Gasteiger charge is -2.20. The van der Waals surface area contributed by atoms with Crippen LogP contribution in [0.2, 0.25) is 0 Å². The van der Waals surface area contributed by atoms with Crippen LogP contribution in [0.1, 0.15) is 37.6 Å². The van der Waals surface area contributed by atoms with Gasteiger partial charge in [-0.3, -0.25) is 4.79 Å². The van der Waals surface area contributed by atoms with Crippen LogP contribution in [0.3, 0.4) is 0 Å². The van der Waals surface area contributed by atoms with Crippen molar-refractivity contribution in [3.63, 3.8) is 0 Å². The molecule has 3 heteroatoms. The van der Waals surface area contributed by atoms with Crippen LogP contribution in [-0.4, -0.2) is 17.1 Å². The number of hydrogen-bond acceptors (Lipinski definition) is 2. The van der Waals surface area contributed by atoms with E-state index in [2.05, 4.69) is 19.2 Å². The molecule has 0 spiro atoms. The molecule has 0 saturated carbocycles. The number of aromatic hydroxyl groups is 1. The predicted octanol–water partition coefficient (Wildman–Crippen LogP) is 2.56. The summed E-state index contributed by atoms with van der Waals surface area (Å²) >= 11 is 0. The van der Waals surface area contributed by atoms with Gasteiger partial charge in [-0.25, -0.2) is 0 Å². The zero-order chi connectivity index (χ0) is 12.1. The number of carbonyl (C=O) groups is 1. The van der Waals surface area contributed by atoms with Crippen LogP contribution in [0.5, 0.6) is 5.75 Å². The number of phenols is 1. The van der Waals surface area contributed by atoms with Crippen molar-refractivity contribution in [2.75, 3.05) is 0 Å². The van der Waals surface area contributed by atoms with Gasteiger partial charge in [0.15, 0.2) is 0 Å². The van der Waals surface area contributed by atoms with E-state index in [1.54, 1.807) is 18.2 Å². The molecular weight excluding hydrogens is 202 g/mol. The van der Waals surface area contributed by atoms with Crippen molar-refractivity contribution in [3.05, 3.63) is 29.8 Å². The van der Waals surface area contributed by atoms with Crippen LogP contribution in [0.15, 0.2) is 24.3 Å². The molecule has 3 nitrogen and oxygen atoms in total. The SMILES string of the molecule is CCC(NC(=O)c1cccc(O)c1)C(C)C. The molecule has 1 atom stereocenters. The Kier molecular flexibility index (Phi) is 4.35. The topological polar surface area (TPSA) is 49.3 Å². The summed E-state index contributed by atoms with van der Waals surface area (Å²) in [7, 11) is 0. The average Bonchev–Trinajstić information content (AvgIpc) is 2.25. The molecule has 1 amide bonds. The zero-order valence-corrected chi connectivity index (χ0v) is 10.0. The Morgan fingerprint density at radius 3 is 2.62 bits per heavy atom. The van der Waals surface area contributed by atoms with E-state index >= 15 is 0 Å². The van der Waals surface area contributed by atoms with Crippen LogP contribution >= 0.6 is 0 Å². The molecule has 0 heterocycles. The maximum atomic E-state index is 11.8. The molecular formula is C13H19NO2. The molecule has 0 aliphatic carbocycles. The minimum Gasteiger partial charge on any atom is -0.508 e. The zero-order valence-electron chi connectivity index (χ0n) is 10.0. The summed E-state index contributed by atoms with van der Waals surface area (Å²) in [5.41, 5.74) is 0.499. The summed E-state index contributed by atoms with van der Waals surface area (Å²) in [6, 6.07) is 6.57. The second kappa shape index (κ2) is 5.54. The summed E-state index contributed by atoms with van der Waals surface area (Å²) < 4.78 is 0. The maximum absolute atomic E-state index is 11.8. The third kappa shape index (κ3) is 3.26. The Bertz CT molecular complexity index is 361. The van der Waals surface area contributed by atoms with Gasteiger partial charge in [-0.15, -0.1) is 0 Å². The molecule has 1 aromatic rings. The standard InChI is InChI=1S/C13H19NO2/c1-4-12(9(2)3)14-13(16)10-6-5-7-11(15)8-10/h5-9,12,15H,4H2,1-3H3,(H,14,16). The van der Waals surface area contributed by atoms with Gasteiger partial charge in [-0.2, -0.15) is 0 Å². The van der Waals surface area contributed by atoms with Crippen molar-refractivity contribution in [2.24, 2.45) is 5.92 Å². The summed E-state index contributed by atoms with van der Waals surface area (Å²) in [5, 5.41) is 12.2. The van der Waals surface area contributed by atoms with Crippen molar-refractivity contribution >= 4 is 5.91 Å². The fourth-order valence-corrected chi connectivity index (χ4v) is 1.64. The summed E-state index contributed by atoms with van der Waals surface area (Å²) in [6.07, 6.45) is 0.905. The minimum absolute atomic E-state index is 0.116. The Balaban J connectivity index is 2.72. The van der Waals surface area contributed by atoms with Gasteiger partial charge in [0.05, 0.1) is 0 Å². The van der Waals surface area contributed by atoms with Gasteiger partial charge in [0.25, 0.3) is 5.91 Å². The minimum atomic E-state index is -0.128. The summed E-state index contributed by atoms with van der Waals surface area (Å²) in [5.74, 6) is 0.396. The van der Waals surface area contributed by atoms with E-state index in [0.29, 0.717) is 11.5 Å².